The van der Waals surface area contributed by atoms with Crippen LogP contribution in [0, 0.1) is 0 Å². The molecule has 252 valence electrons. The molecule has 0 spiro atoms. The molecule has 3 aliphatic rings. The summed E-state index contributed by atoms with van der Waals surface area (Å²) < 4.78 is 5.94. The van der Waals surface area contributed by atoms with Gasteiger partial charge in [-0.15, -0.1) is 0 Å². The molecular formula is C37H40N8O4. The highest BCUT2D eigenvalue weighted by molar-refractivity contribution is 6.05. The van der Waals surface area contributed by atoms with Crippen molar-refractivity contribution in [2.45, 2.75) is 31.8 Å². The van der Waals surface area contributed by atoms with Gasteiger partial charge in [-0.2, -0.15) is 0 Å². The van der Waals surface area contributed by atoms with Crippen LogP contribution in [0.1, 0.15) is 35.2 Å². The van der Waals surface area contributed by atoms with Gasteiger partial charge in [0.15, 0.2) is 0 Å². The van der Waals surface area contributed by atoms with E-state index in [1.165, 1.54) is 0 Å². The van der Waals surface area contributed by atoms with Gasteiger partial charge in [0.25, 0.3) is 5.91 Å². The van der Waals surface area contributed by atoms with Crippen LogP contribution in [0.15, 0.2) is 85.2 Å². The number of amides is 4. The number of piperazine rings is 1. The average Bonchev–Trinajstić information content (AvgIpc) is 3.13. The third-order valence-corrected chi connectivity index (χ3v) is 9.59. The first-order valence-electron chi connectivity index (χ1n) is 16.8. The van der Waals surface area contributed by atoms with Crippen molar-refractivity contribution < 1.29 is 19.1 Å². The highest BCUT2D eigenvalue weighted by atomic mass is 16.5. The van der Waals surface area contributed by atoms with Crippen LogP contribution < -0.4 is 25.6 Å². The maximum Gasteiger partial charge on any atom is 0.328 e. The van der Waals surface area contributed by atoms with Crippen LogP contribution in [-0.4, -0.2) is 89.5 Å². The number of aromatic nitrogens is 2. The third-order valence-electron chi connectivity index (χ3n) is 9.59. The summed E-state index contributed by atoms with van der Waals surface area (Å²) in [6, 6.07) is 22.9. The number of nitrogens with zero attached hydrogens (tertiary/aromatic N) is 6. The monoisotopic (exact) mass is 660 g/mol. The molecule has 0 atom stereocenters. The zero-order valence-corrected chi connectivity index (χ0v) is 27.3. The summed E-state index contributed by atoms with van der Waals surface area (Å²) in [5, 5.41) is 2.41. The molecule has 4 aromatic rings. The molecule has 2 aromatic heterocycles. The summed E-state index contributed by atoms with van der Waals surface area (Å²) in [6.45, 7) is 6.64. The van der Waals surface area contributed by atoms with Crippen molar-refractivity contribution in [3.05, 3.63) is 96.3 Å². The minimum atomic E-state index is -0.509. The number of rotatable bonds is 9. The van der Waals surface area contributed by atoms with E-state index in [0.29, 0.717) is 29.6 Å². The number of imide groups is 1. The molecule has 2 aromatic carbocycles. The number of carbonyl (C=O) groups excluding carboxylic acids is 3. The second-order valence-electron chi connectivity index (χ2n) is 12.7. The molecule has 3 fully saturated rings. The fraction of sp³-hybridized carbons (Fsp3) is 0.324. The van der Waals surface area contributed by atoms with E-state index < -0.39 is 5.91 Å². The van der Waals surface area contributed by atoms with Gasteiger partial charge in [0.2, 0.25) is 5.91 Å². The number of hydrogen-bond donors (Lipinski definition) is 2. The molecule has 3 N–H and O–H groups in total. The minimum Gasteiger partial charge on any atom is -0.457 e. The Kier molecular flexibility index (Phi) is 9.49. The first-order chi connectivity index (χ1) is 23.9. The summed E-state index contributed by atoms with van der Waals surface area (Å²) in [5.74, 6) is 1.54. The molecule has 3 saturated heterocycles. The Bertz CT molecular complexity index is 1800. The van der Waals surface area contributed by atoms with Gasteiger partial charge in [-0.3, -0.25) is 34.6 Å². The number of nitrogens with one attached hydrogen (secondary N) is 1. The first-order valence-corrected chi connectivity index (χ1v) is 16.8. The van der Waals surface area contributed by atoms with Crippen molar-refractivity contribution in [3.63, 3.8) is 0 Å². The topological polar surface area (TPSA) is 137 Å². The predicted octanol–water partition coefficient (Wildman–Crippen LogP) is 4.27. The highest BCUT2D eigenvalue weighted by Crippen LogP contribution is 2.30. The molecule has 0 unspecified atom stereocenters. The largest absolute Gasteiger partial charge is 0.457 e. The Morgan fingerprint density at radius 3 is 2.31 bits per heavy atom. The number of carbonyl (C=O) groups is 3. The van der Waals surface area contributed by atoms with Crippen molar-refractivity contribution in [1.82, 2.24) is 25.1 Å². The van der Waals surface area contributed by atoms with Crippen LogP contribution in [0.3, 0.4) is 0 Å². The fourth-order valence-corrected chi connectivity index (χ4v) is 6.92. The zero-order chi connectivity index (χ0) is 33.7. The number of anilines is 2. The molecule has 7 rings (SSSR count). The van der Waals surface area contributed by atoms with E-state index in [9.17, 15) is 14.4 Å². The normalized spacial score (nSPS) is 18.0. The molecule has 0 saturated carbocycles. The molecule has 0 bridgehead atoms. The van der Waals surface area contributed by atoms with E-state index >= 15 is 0 Å². The van der Waals surface area contributed by atoms with Crippen molar-refractivity contribution in [2.75, 3.05) is 55.6 Å². The van der Waals surface area contributed by atoms with E-state index in [0.717, 1.165) is 87.0 Å². The fourth-order valence-electron chi connectivity index (χ4n) is 6.92. The quantitative estimate of drug-likeness (QED) is 0.270. The van der Waals surface area contributed by atoms with Crippen LogP contribution in [0.2, 0.25) is 0 Å². The Labute approximate surface area is 285 Å². The van der Waals surface area contributed by atoms with Gasteiger partial charge in [-0.1, -0.05) is 18.2 Å². The van der Waals surface area contributed by atoms with E-state index in [1.54, 1.807) is 23.4 Å². The molecule has 3 aliphatic heterocycles. The molecule has 0 aliphatic carbocycles. The first kappa shape index (κ1) is 32.2. The van der Waals surface area contributed by atoms with Gasteiger partial charge < -0.3 is 15.4 Å². The Hall–Kier alpha value is -5.33. The summed E-state index contributed by atoms with van der Waals surface area (Å²) in [6.07, 6.45) is 5.81. The van der Waals surface area contributed by atoms with Crippen molar-refractivity contribution in [1.29, 1.82) is 0 Å². The zero-order valence-electron chi connectivity index (χ0n) is 27.3. The number of nitrogens with two attached hydrogens (primary N) is 1. The standard InChI is InChI=1S/C37H40N8O4/c38-36(47)31-10-11-33(40-35(31)26-6-8-30(9-7-26)49-29-4-2-1-3-5-29)44-17-13-28(14-18-44)43-22-20-42(21-23-43)25-27-12-16-39-24-32(27)45-19-15-34(46)41-37(45)48/h1-12,16,24,28H,13-15,17-23,25H2,(H2,38,47)(H,41,46,48). The van der Waals surface area contributed by atoms with Crippen LogP contribution >= 0.6 is 0 Å². The lowest BCUT2D eigenvalue weighted by atomic mass is 10.0. The molecule has 12 nitrogen and oxygen atoms in total. The number of hydrogen-bond acceptors (Lipinski definition) is 9. The van der Waals surface area contributed by atoms with Gasteiger partial charge in [0.1, 0.15) is 17.3 Å². The van der Waals surface area contributed by atoms with Crippen LogP contribution in [0.25, 0.3) is 11.3 Å². The van der Waals surface area contributed by atoms with Crippen LogP contribution in [-0.2, 0) is 11.3 Å². The second-order valence-corrected chi connectivity index (χ2v) is 12.7. The van der Waals surface area contributed by atoms with Gasteiger partial charge in [-0.25, -0.2) is 9.78 Å². The van der Waals surface area contributed by atoms with Gasteiger partial charge in [0, 0.05) is 76.6 Å². The minimum absolute atomic E-state index is 0.243. The number of para-hydroxylation sites is 1. The SMILES string of the molecule is NC(=O)c1ccc(N2CCC(N3CCN(Cc4ccncc4N4CCC(=O)NC4=O)CC3)CC2)nc1-c1ccc(Oc2ccccc2)cc1. The van der Waals surface area contributed by atoms with Crippen LogP contribution in [0.5, 0.6) is 11.5 Å². The molecular weight excluding hydrogens is 620 g/mol. The van der Waals surface area contributed by atoms with Gasteiger partial charge >= 0.3 is 6.03 Å². The van der Waals surface area contributed by atoms with E-state index in [-0.39, 0.29) is 18.4 Å². The Balaban J connectivity index is 0.947. The van der Waals surface area contributed by atoms with Gasteiger partial charge in [-0.05, 0) is 73.0 Å². The van der Waals surface area contributed by atoms with Crippen LogP contribution in [0.4, 0.5) is 16.3 Å². The Morgan fingerprint density at radius 1 is 0.857 bits per heavy atom. The number of primary amides is 1. The summed E-state index contributed by atoms with van der Waals surface area (Å²) in [7, 11) is 0. The lowest BCUT2D eigenvalue weighted by Crippen LogP contribution is -2.53. The third kappa shape index (κ3) is 7.40. The summed E-state index contributed by atoms with van der Waals surface area (Å²) in [5.41, 5.74) is 9.32. The maximum atomic E-state index is 12.5. The van der Waals surface area contributed by atoms with Crippen molar-refractivity contribution >= 4 is 29.4 Å². The number of ether oxygens (including phenoxy) is 1. The van der Waals surface area contributed by atoms with Gasteiger partial charge in [0.05, 0.1) is 23.1 Å². The number of benzene rings is 2. The lowest BCUT2D eigenvalue weighted by Gasteiger charge is -2.43. The Morgan fingerprint density at radius 2 is 1.59 bits per heavy atom. The summed E-state index contributed by atoms with van der Waals surface area (Å²) >= 11 is 0. The predicted molar refractivity (Wildman–Crippen MR) is 187 cm³/mol. The second kappa shape index (κ2) is 14.4. The van der Waals surface area contributed by atoms with E-state index in [2.05, 4.69) is 25.0 Å². The lowest BCUT2D eigenvalue weighted by molar-refractivity contribution is -0.120. The van der Waals surface area contributed by atoms with Crippen molar-refractivity contribution in [3.8, 4) is 22.8 Å². The molecule has 5 heterocycles. The molecule has 49 heavy (non-hydrogen) atoms. The molecule has 12 heteroatoms. The average molecular weight is 661 g/mol. The maximum absolute atomic E-state index is 12.5. The molecule has 0 radical (unpaired) electrons. The van der Waals surface area contributed by atoms with E-state index in [1.807, 2.05) is 66.7 Å². The number of urea groups is 1. The van der Waals surface area contributed by atoms with E-state index in [4.69, 9.17) is 15.5 Å². The highest BCUT2D eigenvalue weighted by Gasteiger charge is 2.30. The van der Waals surface area contributed by atoms with Crippen molar-refractivity contribution in [2.24, 2.45) is 5.73 Å². The summed E-state index contributed by atoms with van der Waals surface area (Å²) in [4.78, 5) is 54.6. The number of pyridine rings is 2. The smallest absolute Gasteiger partial charge is 0.328 e. The number of piperidine rings is 1. The molecule has 4 amide bonds.